The molecule has 0 radical (unpaired) electrons. The first-order valence-electron chi connectivity index (χ1n) is 10.4. The number of hydrogen-bond donors (Lipinski definition) is 2. The van der Waals surface area contributed by atoms with Crippen LogP contribution in [0.3, 0.4) is 0 Å². The summed E-state index contributed by atoms with van der Waals surface area (Å²) in [5, 5.41) is 5.72. The van der Waals surface area contributed by atoms with E-state index >= 15 is 0 Å². The van der Waals surface area contributed by atoms with Crippen LogP contribution >= 0.6 is 23.4 Å². The van der Waals surface area contributed by atoms with Crippen molar-refractivity contribution < 1.29 is 14.0 Å². The van der Waals surface area contributed by atoms with Crippen LogP contribution in [-0.4, -0.2) is 11.8 Å². The van der Waals surface area contributed by atoms with Crippen molar-refractivity contribution in [3.8, 4) is 0 Å². The molecule has 0 fully saturated rings. The molecule has 4 aromatic carbocycles. The highest BCUT2D eigenvalue weighted by Crippen LogP contribution is 2.36. The van der Waals surface area contributed by atoms with E-state index < -0.39 is 17.0 Å². The molecule has 0 heterocycles. The van der Waals surface area contributed by atoms with Gasteiger partial charge in [0.15, 0.2) is 0 Å². The molecule has 0 aliphatic heterocycles. The van der Waals surface area contributed by atoms with E-state index in [1.54, 1.807) is 42.5 Å². The number of anilines is 2. The Bertz CT molecular complexity index is 1280. The van der Waals surface area contributed by atoms with E-state index in [2.05, 4.69) is 10.6 Å². The molecule has 1 atom stereocenters. The Morgan fingerprint density at radius 3 is 2.00 bits per heavy atom. The van der Waals surface area contributed by atoms with Crippen LogP contribution in [0.1, 0.15) is 21.2 Å². The fraction of sp³-hybridized carbons (Fsp3) is 0.0370. The molecule has 0 aliphatic rings. The quantitative estimate of drug-likeness (QED) is 0.269. The van der Waals surface area contributed by atoms with E-state index in [-0.39, 0.29) is 11.5 Å². The van der Waals surface area contributed by atoms with Gasteiger partial charge < -0.3 is 10.6 Å². The van der Waals surface area contributed by atoms with Crippen molar-refractivity contribution in [2.45, 2.75) is 10.1 Å². The number of hydrogen-bond acceptors (Lipinski definition) is 3. The summed E-state index contributed by atoms with van der Waals surface area (Å²) >= 11 is 7.33. The predicted octanol–water partition coefficient (Wildman–Crippen LogP) is 7.20. The Kier molecular flexibility index (Phi) is 7.62. The third kappa shape index (κ3) is 6.04. The first kappa shape index (κ1) is 23.5. The topological polar surface area (TPSA) is 58.2 Å². The summed E-state index contributed by atoms with van der Waals surface area (Å²) in [6.45, 7) is 0. The highest BCUT2D eigenvalue weighted by atomic mass is 35.5. The number of carbonyl (C=O) groups excluding carboxylic acids is 2. The molecule has 2 N–H and O–H groups in total. The number of rotatable bonds is 7. The molecule has 2 amide bonds. The summed E-state index contributed by atoms with van der Waals surface area (Å²) in [7, 11) is 0. The number of halogens is 2. The predicted molar refractivity (Wildman–Crippen MR) is 136 cm³/mol. The van der Waals surface area contributed by atoms with Crippen LogP contribution in [0.15, 0.2) is 108 Å². The standard InChI is InChI=1S/C27H20ClFN2O2S/c28-19-10-12-20(13-11-19)31-27(33)25(18-6-2-1-3-7-18)34-22-16-14-21(15-17-22)30-26(32)23-8-4-5-9-24(23)29/h1-17,25H,(H,30,32)(H,31,33). The van der Waals surface area contributed by atoms with Gasteiger partial charge in [-0.25, -0.2) is 4.39 Å². The highest BCUT2D eigenvalue weighted by molar-refractivity contribution is 8.00. The maximum absolute atomic E-state index is 13.9. The molecule has 7 heteroatoms. The van der Waals surface area contributed by atoms with Gasteiger partial charge in [0, 0.05) is 21.3 Å². The zero-order chi connectivity index (χ0) is 23.9. The lowest BCUT2D eigenvalue weighted by molar-refractivity contribution is -0.115. The van der Waals surface area contributed by atoms with Crippen molar-refractivity contribution in [3.05, 3.63) is 125 Å². The van der Waals surface area contributed by atoms with E-state index in [0.29, 0.717) is 16.4 Å². The average molecular weight is 491 g/mol. The van der Waals surface area contributed by atoms with Crippen molar-refractivity contribution in [2.24, 2.45) is 0 Å². The molecule has 4 aromatic rings. The van der Waals surface area contributed by atoms with Gasteiger partial charge in [0.1, 0.15) is 11.1 Å². The summed E-state index contributed by atoms with van der Waals surface area (Å²) < 4.78 is 13.9. The minimum absolute atomic E-state index is 0.0241. The van der Waals surface area contributed by atoms with Crippen LogP contribution in [0.25, 0.3) is 0 Å². The van der Waals surface area contributed by atoms with Gasteiger partial charge >= 0.3 is 0 Å². The molecular weight excluding hydrogens is 471 g/mol. The van der Waals surface area contributed by atoms with Crippen molar-refractivity contribution >= 4 is 46.6 Å². The van der Waals surface area contributed by atoms with Crippen LogP contribution in [0.5, 0.6) is 0 Å². The molecule has 4 rings (SSSR count). The Balaban J connectivity index is 1.49. The largest absolute Gasteiger partial charge is 0.325 e. The molecule has 0 aromatic heterocycles. The molecule has 0 aliphatic carbocycles. The fourth-order valence-electron chi connectivity index (χ4n) is 3.24. The average Bonchev–Trinajstić information content (AvgIpc) is 2.85. The third-order valence-corrected chi connectivity index (χ3v) is 6.46. The van der Waals surface area contributed by atoms with Crippen LogP contribution in [0.4, 0.5) is 15.8 Å². The third-order valence-electron chi connectivity index (χ3n) is 4.94. The maximum Gasteiger partial charge on any atom is 0.258 e. The van der Waals surface area contributed by atoms with E-state index in [1.807, 2.05) is 42.5 Å². The van der Waals surface area contributed by atoms with Crippen molar-refractivity contribution in [3.63, 3.8) is 0 Å². The molecule has 4 nitrogen and oxygen atoms in total. The van der Waals surface area contributed by atoms with Crippen LogP contribution in [0.2, 0.25) is 5.02 Å². The second-order valence-electron chi connectivity index (χ2n) is 7.36. The van der Waals surface area contributed by atoms with Crippen LogP contribution in [0, 0.1) is 5.82 Å². The van der Waals surface area contributed by atoms with Crippen LogP contribution < -0.4 is 10.6 Å². The molecular formula is C27H20ClFN2O2S. The van der Waals surface area contributed by atoms with Crippen molar-refractivity contribution in [1.29, 1.82) is 0 Å². The van der Waals surface area contributed by atoms with Gasteiger partial charge in [-0.3, -0.25) is 9.59 Å². The zero-order valence-electron chi connectivity index (χ0n) is 17.9. The van der Waals surface area contributed by atoms with Gasteiger partial charge in [0.25, 0.3) is 5.91 Å². The normalized spacial score (nSPS) is 11.5. The summed E-state index contributed by atoms with van der Waals surface area (Å²) in [6.07, 6.45) is 0. The van der Waals surface area contributed by atoms with E-state index in [1.165, 1.54) is 30.0 Å². The number of benzene rings is 4. The summed E-state index contributed by atoms with van der Waals surface area (Å²) in [5.41, 5.74) is 2.02. The maximum atomic E-state index is 13.9. The lowest BCUT2D eigenvalue weighted by Gasteiger charge is -2.17. The van der Waals surface area contributed by atoms with Gasteiger partial charge in [-0.2, -0.15) is 0 Å². The summed E-state index contributed by atoms with van der Waals surface area (Å²) in [5.74, 6) is -1.27. The minimum Gasteiger partial charge on any atom is -0.325 e. The van der Waals surface area contributed by atoms with Gasteiger partial charge in [0.05, 0.1) is 5.56 Å². The fourth-order valence-corrected chi connectivity index (χ4v) is 4.39. The smallest absolute Gasteiger partial charge is 0.258 e. The Labute approximate surface area is 206 Å². The van der Waals surface area contributed by atoms with E-state index in [0.717, 1.165) is 10.5 Å². The second-order valence-corrected chi connectivity index (χ2v) is 8.98. The molecule has 170 valence electrons. The minimum atomic E-state index is -0.579. The van der Waals surface area contributed by atoms with Gasteiger partial charge in [-0.05, 0) is 66.2 Å². The first-order valence-corrected chi connectivity index (χ1v) is 11.7. The van der Waals surface area contributed by atoms with Gasteiger partial charge in [0.2, 0.25) is 5.91 Å². The molecule has 0 saturated carbocycles. The van der Waals surface area contributed by atoms with Gasteiger partial charge in [-0.15, -0.1) is 11.8 Å². The molecule has 0 bridgehead atoms. The SMILES string of the molecule is O=C(Nc1ccc(SC(C(=O)Nc2ccc(Cl)cc2)c2ccccc2)cc1)c1ccccc1F. The number of nitrogens with one attached hydrogen (secondary N) is 2. The zero-order valence-corrected chi connectivity index (χ0v) is 19.4. The van der Waals surface area contributed by atoms with Crippen LogP contribution in [-0.2, 0) is 4.79 Å². The van der Waals surface area contributed by atoms with Crippen molar-refractivity contribution in [2.75, 3.05) is 10.6 Å². The number of thioether (sulfide) groups is 1. The molecule has 1 unspecified atom stereocenters. The Morgan fingerprint density at radius 2 is 1.32 bits per heavy atom. The van der Waals surface area contributed by atoms with Gasteiger partial charge in [-0.1, -0.05) is 54.1 Å². The Morgan fingerprint density at radius 1 is 0.735 bits per heavy atom. The monoisotopic (exact) mass is 490 g/mol. The van der Waals surface area contributed by atoms with Crippen molar-refractivity contribution in [1.82, 2.24) is 0 Å². The van der Waals surface area contributed by atoms with E-state index in [4.69, 9.17) is 11.6 Å². The summed E-state index contributed by atoms with van der Waals surface area (Å²) in [6, 6.07) is 29.3. The number of amides is 2. The lowest BCUT2D eigenvalue weighted by Crippen LogP contribution is -2.19. The Hall–Kier alpha value is -3.61. The molecule has 34 heavy (non-hydrogen) atoms. The summed E-state index contributed by atoms with van der Waals surface area (Å²) in [4.78, 5) is 26.3. The molecule has 0 spiro atoms. The highest BCUT2D eigenvalue weighted by Gasteiger charge is 2.22. The first-order chi connectivity index (χ1) is 16.5. The molecule has 0 saturated heterocycles. The van der Waals surface area contributed by atoms with E-state index in [9.17, 15) is 14.0 Å². The second kappa shape index (κ2) is 11.0. The number of carbonyl (C=O) groups is 2. The lowest BCUT2D eigenvalue weighted by atomic mass is 10.1.